The van der Waals surface area contributed by atoms with E-state index in [1.807, 2.05) is 68.5 Å². The molecule has 0 aliphatic rings. The molecule has 130 valence electrons. The SMILES string of the molecule is CCOc1ccc(/C=C(/C#N)c2cccc3ccccc23)c(OCC)c1. The minimum absolute atomic E-state index is 0.548. The van der Waals surface area contributed by atoms with Crippen molar-refractivity contribution in [2.24, 2.45) is 0 Å². The number of fused-ring (bicyclic) bond motifs is 1. The normalized spacial score (nSPS) is 11.2. The van der Waals surface area contributed by atoms with Gasteiger partial charge in [-0.15, -0.1) is 0 Å². The summed E-state index contributed by atoms with van der Waals surface area (Å²) in [5.41, 5.74) is 2.38. The number of ether oxygens (including phenoxy) is 2. The molecule has 3 aromatic carbocycles. The molecule has 0 aromatic heterocycles. The monoisotopic (exact) mass is 343 g/mol. The van der Waals surface area contributed by atoms with Crippen molar-refractivity contribution in [3.8, 4) is 17.6 Å². The number of hydrogen-bond acceptors (Lipinski definition) is 3. The zero-order valence-electron chi connectivity index (χ0n) is 15.0. The average Bonchev–Trinajstić information content (AvgIpc) is 2.68. The van der Waals surface area contributed by atoms with Gasteiger partial charge in [-0.25, -0.2) is 0 Å². The van der Waals surface area contributed by atoms with Crippen LogP contribution in [0.5, 0.6) is 11.5 Å². The van der Waals surface area contributed by atoms with Crippen LogP contribution in [0.15, 0.2) is 60.7 Å². The van der Waals surface area contributed by atoms with E-state index in [1.54, 1.807) is 0 Å². The largest absolute Gasteiger partial charge is 0.494 e. The van der Waals surface area contributed by atoms with Crippen LogP contribution in [0.2, 0.25) is 0 Å². The Morgan fingerprint density at radius 3 is 2.50 bits per heavy atom. The van der Waals surface area contributed by atoms with Gasteiger partial charge in [0.1, 0.15) is 11.5 Å². The Kier molecular flexibility index (Phi) is 5.56. The molecule has 0 spiro atoms. The maximum absolute atomic E-state index is 9.78. The first-order valence-electron chi connectivity index (χ1n) is 8.76. The molecule has 3 aromatic rings. The van der Waals surface area contributed by atoms with Gasteiger partial charge in [-0.3, -0.25) is 0 Å². The predicted octanol–water partition coefficient (Wildman–Crippen LogP) is 5.70. The van der Waals surface area contributed by atoms with Gasteiger partial charge in [-0.1, -0.05) is 42.5 Å². The van der Waals surface area contributed by atoms with Crippen molar-refractivity contribution < 1.29 is 9.47 Å². The first-order valence-corrected chi connectivity index (χ1v) is 8.76. The summed E-state index contributed by atoms with van der Waals surface area (Å²) < 4.78 is 11.3. The lowest BCUT2D eigenvalue weighted by molar-refractivity contribution is 0.322. The average molecular weight is 343 g/mol. The van der Waals surface area contributed by atoms with E-state index in [-0.39, 0.29) is 0 Å². The third-order valence-corrected chi connectivity index (χ3v) is 4.10. The molecule has 0 heterocycles. The van der Waals surface area contributed by atoms with Crippen LogP contribution >= 0.6 is 0 Å². The van der Waals surface area contributed by atoms with E-state index in [0.717, 1.165) is 27.6 Å². The van der Waals surface area contributed by atoms with Gasteiger partial charge in [0.2, 0.25) is 0 Å². The van der Waals surface area contributed by atoms with Crippen molar-refractivity contribution >= 4 is 22.4 Å². The molecule has 0 fully saturated rings. The Labute approximate surface area is 154 Å². The molecular formula is C23H21NO2. The van der Waals surface area contributed by atoms with Gasteiger partial charge in [0.15, 0.2) is 0 Å². The molecule has 3 rings (SSSR count). The molecule has 3 nitrogen and oxygen atoms in total. The van der Waals surface area contributed by atoms with E-state index >= 15 is 0 Å². The first-order chi connectivity index (χ1) is 12.8. The van der Waals surface area contributed by atoms with Crippen molar-refractivity contribution in [2.45, 2.75) is 13.8 Å². The highest BCUT2D eigenvalue weighted by molar-refractivity contribution is 6.02. The molecule has 0 unspecified atom stereocenters. The molecule has 0 saturated carbocycles. The maximum atomic E-state index is 9.78. The lowest BCUT2D eigenvalue weighted by Gasteiger charge is -2.11. The molecule has 0 aliphatic heterocycles. The topological polar surface area (TPSA) is 42.2 Å². The molecule has 0 bridgehead atoms. The van der Waals surface area contributed by atoms with Gasteiger partial charge in [0.05, 0.1) is 24.9 Å². The van der Waals surface area contributed by atoms with E-state index in [0.29, 0.717) is 24.5 Å². The zero-order valence-corrected chi connectivity index (χ0v) is 15.0. The highest BCUT2D eigenvalue weighted by Gasteiger charge is 2.09. The van der Waals surface area contributed by atoms with Crippen LogP contribution in [0.3, 0.4) is 0 Å². The fourth-order valence-electron chi connectivity index (χ4n) is 2.96. The lowest BCUT2D eigenvalue weighted by Crippen LogP contribution is -1.97. The van der Waals surface area contributed by atoms with Crippen molar-refractivity contribution in [3.05, 3.63) is 71.8 Å². The van der Waals surface area contributed by atoms with Crippen LogP contribution in [-0.4, -0.2) is 13.2 Å². The van der Waals surface area contributed by atoms with E-state index < -0.39 is 0 Å². The second kappa shape index (κ2) is 8.22. The Morgan fingerprint density at radius 2 is 1.73 bits per heavy atom. The van der Waals surface area contributed by atoms with Crippen LogP contribution in [-0.2, 0) is 0 Å². The van der Waals surface area contributed by atoms with Crippen LogP contribution in [0.25, 0.3) is 22.4 Å². The minimum Gasteiger partial charge on any atom is -0.494 e. The summed E-state index contributed by atoms with van der Waals surface area (Å²) in [5, 5.41) is 12.0. The standard InChI is InChI=1S/C23H21NO2/c1-3-25-20-13-12-18(23(15-20)26-4-2)14-19(16-24)22-11-7-9-17-8-5-6-10-21(17)22/h5-15H,3-4H2,1-2H3/b19-14-. The molecule has 0 aliphatic carbocycles. The zero-order chi connectivity index (χ0) is 18.4. The van der Waals surface area contributed by atoms with Gasteiger partial charge in [-0.05, 0) is 42.8 Å². The summed E-state index contributed by atoms with van der Waals surface area (Å²) in [7, 11) is 0. The number of hydrogen-bond donors (Lipinski definition) is 0. The lowest BCUT2D eigenvalue weighted by atomic mass is 9.97. The molecule has 26 heavy (non-hydrogen) atoms. The van der Waals surface area contributed by atoms with Crippen molar-refractivity contribution in [1.82, 2.24) is 0 Å². The van der Waals surface area contributed by atoms with Gasteiger partial charge >= 0.3 is 0 Å². The number of nitriles is 1. The first kappa shape index (κ1) is 17.6. The van der Waals surface area contributed by atoms with Crippen LogP contribution in [0, 0.1) is 11.3 Å². The van der Waals surface area contributed by atoms with Gasteiger partial charge < -0.3 is 9.47 Å². The second-order valence-electron chi connectivity index (χ2n) is 5.76. The molecule has 0 radical (unpaired) electrons. The molecule has 3 heteroatoms. The quantitative estimate of drug-likeness (QED) is 0.426. The van der Waals surface area contributed by atoms with E-state index in [1.165, 1.54) is 0 Å². The fraction of sp³-hybridized carbons (Fsp3) is 0.174. The highest BCUT2D eigenvalue weighted by Crippen LogP contribution is 2.31. The van der Waals surface area contributed by atoms with E-state index in [4.69, 9.17) is 9.47 Å². The summed E-state index contributed by atoms with van der Waals surface area (Å²) in [6.45, 7) is 5.03. The third kappa shape index (κ3) is 3.70. The Bertz CT molecular complexity index is 978. The summed E-state index contributed by atoms with van der Waals surface area (Å²) in [6, 6.07) is 22.1. The Morgan fingerprint density at radius 1 is 0.962 bits per heavy atom. The summed E-state index contributed by atoms with van der Waals surface area (Å²) >= 11 is 0. The number of allylic oxidation sites excluding steroid dienone is 1. The van der Waals surface area contributed by atoms with Crippen LogP contribution in [0.1, 0.15) is 25.0 Å². The van der Waals surface area contributed by atoms with E-state index in [9.17, 15) is 5.26 Å². The third-order valence-electron chi connectivity index (χ3n) is 4.10. The number of nitrogens with zero attached hydrogens (tertiary/aromatic N) is 1. The van der Waals surface area contributed by atoms with Crippen molar-refractivity contribution in [3.63, 3.8) is 0 Å². The summed E-state index contributed by atoms with van der Waals surface area (Å²) in [4.78, 5) is 0. The van der Waals surface area contributed by atoms with Crippen LogP contribution < -0.4 is 9.47 Å². The number of benzene rings is 3. The highest BCUT2D eigenvalue weighted by atomic mass is 16.5. The predicted molar refractivity (Wildman–Crippen MR) is 106 cm³/mol. The summed E-state index contributed by atoms with van der Waals surface area (Å²) in [5.74, 6) is 1.48. The van der Waals surface area contributed by atoms with Crippen molar-refractivity contribution in [2.75, 3.05) is 13.2 Å². The molecule has 0 saturated heterocycles. The van der Waals surface area contributed by atoms with Crippen molar-refractivity contribution in [1.29, 1.82) is 5.26 Å². The van der Waals surface area contributed by atoms with Gasteiger partial charge in [0, 0.05) is 17.2 Å². The van der Waals surface area contributed by atoms with Crippen LogP contribution in [0.4, 0.5) is 0 Å². The Balaban J connectivity index is 2.10. The molecule has 0 atom stereocenters. The number of rotatable bonds is 6. The molecular weight excluding hydrogens is 322 g/mol. The van der Waals surface area contributed by atoms with Gasteiger partial charge in [-0.2, -0.15) is 5.26 Å². The smallest absolute Gasteiger partial charge is 0.130 e. The van der Waals surface area contributed by atoms with Gasteiger partial charge in [0.25, 0.3) is 0 Å². The molecule has 0 amide bonds. The second-order valence-corrected chi connectivity index (χ2v) is 5.76. The van der Waals surface area contributed by atoms with E-state index in [2.05, 4.69) is 18.2 Å². The maximum Gasteiger partial charge on any atom is 0.130 e. The summed E-state index contributed by atoms with van der Waals surface area (Å²) in [6.07, 6.45) is 1.88. The fourth-order valence-corrected chi connectivity index (χ4v) is 2.96. The minimum atomic E-state index is 0.548. The molecule has 0 N–H and O–H groups in total. The Hall–Kier alpha value is -3.25.